The van der Waals surface area contributed by atoms with Crippen LogP contribution in [-0.2, 0) is 0 Å². The lowest BCUT2D eigenvalue weighted by Gasteiger charge is -2.22. The van der Waals surface area contributed by atoms with Gasteiger partial charge in [0.05, 0.1) is 10.6 Å². The molecule has 1 atom stereocenters. The van der Waals surface area contributed by atoms with Crippen LogP contribution in [0.1, 0.15) is 23.7 Å². The highest BCUT2D eigenvalue weighted by Crippen LogP contribution is 2.35. The molecule has 0 saturated heterocycles. The van der Waals surface area contributed by atoms with Crippen molar-refractivity contribution in [3.05, 3.63) is 22.7 Å². The number of ketones is 1. The number of hydrogen-bond donors (Lipinski definition) is 1. The highest BCUT2D eigenvalue weighted by molar-refractivity contribution is 6.32. The van der Waals surface area contributed by atoms with Crippen molar-refractivity contribution in [1.29, 1.82) is 0 Å². The predicted molar refractivity (Wildman–Crippen MR) is 52.2 cm³/mol. The maximum atomic E-state index is 11.5. The van der Waals surface area contributed by atoms with Gasteiger partial charge in [0, 0.05) is 12.5 Å². The van der Waals surface area contributed by atoms with Gasteiger partial charge in [0.1, 0.15) is 17.6 Å². The van der Waals surface area contributed by atoms with Crippen molar-refractivity contribution in [2.45, 2.75) is 19.4 Å². The molecule has 0 aliphatic carbocycles. The molecule has 1 unspecified atom stereocenters. The van der Waals surface area contributed by atoms with Crippen molar-refractivity contribution in [2.75, 3.05) is 0 Å². The molecular weight excluding hydrogens is 204 g/mol. The molecule has 1 heterocycles. The Morgan fingerprint density at radius 2 is 2.29 bits per heavy atom. The summed E-state index contributed by atoms with van der Waals surface area (Å²) in [6.45, 7) is 1.81. The summed E-state index contributed by atoms with van der Waals surface area (Å²) in [5.41, 5.74) is 0.450. The first kappa shape index (κ1) is 9.34. The Kier molecular flexibility index (Phi) is 2.11. The van der Waals surface area contributed by atoms with E-state index in [0.717, 1.165) is 0 Å². The number of carbonyl (C=O) groups excluding carboxylic acids is 1. The largest absolute Gasteiger partial charge is 0.506 e. The number of benzene rings is 1. The summed E-state index contributed by atoms with van der Waals surface area (Å²) in [7, 11) is 0. The number of aromatic hydroxyl groups is 1. The lowest BCUT2D eigenvalue weighted by Crippen LogP contribution is -2.23. The van der Waals surface area contributed by atoms with Crippen LogP contribution in [0.15, 0.2) is 12.1 Å². The van der Waals surface area contributed by atoms with Gasteiger partial charge in [-0.1, -0.05) is 11.6 Å². The summed E-state index contributed by atoms with van der Waals surface area (Å²) in [5, 5.41) is 9.50. The highest BCUT2D eigenvalue weighted by Gasteiger charge is 2.24. The molecule has 74 valence electrons. The molecule has 1 aromatic rings. The topological polar surface area (TPSA) is 46.5 Å². The average Bonchev–Trinajstić information content (AvgIpc) is 2.08. The second kappa shape index (κ2) is 3.17. The molecule has 0 saturated carbocycles. The fourth-order valence-electron chi connectivity index (χ4n) is 1.49. The number of ether oxygens (including phenoxy) is 1. The van der Waals surface area contributed by atoms with Gasteiger partial charge in [-0.25, -0.2) is 0 Å². The second-order valence-electron chi connectivity index (χ2n) is 3.36. The van der Waals surface area contributed by atoms with Gasteiger partial charge in [-0.3, -0.25) is 4.79 Å². The second-order valence-corrected chi connectivity index (χ2v) is 3.76. The van der Waals surface area contributed by atoms with Crippen LogP contribution in [0.5, 0.6) is 11.5 Å². The van der Waals surface area contributed by atoms with Crippen LogP contribution in [0.25, 0.3) is 0 Å². The predicted octanol–water partition coefficient (Wildman–Crippen LogP) is 2.40. The van der Waals surface area contributed by atoms with E-state index in [1.807, 2.05) is 6.92 Å². The Morgan fingerprint density at radius 1 is 1.57 bits per heavy atom. The molecule has 14 heavy (non-hydrogen) atoms. The van der Waals surface area contributed by atoms with Crippen LogP contribution >= 0.6 is 11.6 Å². The van der Waals surface area contributed by atoms with E-state index in [1.54, 1.807) is 0 Å². The standard InChI is InChI=1S/C10H9ClO3/c1-5-2-8(12)6-3-7(11)9(13)4-10(6)14-5/h3-5,13H,2H2,1H3. The van der Waals surface area contributed by atoms with E-state index >= 15 is 0 Å². The van der Waals surface area contributed by atoms with E-state index in [4.69, 9.17) is 16.3 Å². The Bertz CT molecular complexity index is 401. The van der Waals surface area contributed by atoms with Gasteiger partial charge in [0.15, 0.2) is 5.78 Å². The molecule has 0 spiro atoms. The first-order valence-corrected chi connectivity index (χ1v) is 4.68. The molecule has 0 radical (unpaired) electrons. The third kappa shape index (κ3) is 1.44. The quantitative estimate of drug-likeness (QED) is 0.718. The van der Waals surface area contributed by atoms with Crippen molar-refractivity contribution in [3.63, 3.8) is 0 Å². The van der Waals surface area contributed by atoms with E-state index < -0.39 is 0 Å². The molecule has 4 heteroatoms. The number of rotatable bonds is 0. The molecule has 1 N–H and O–H groups in total. The summed E-state index contributed by atoms with van der Waals surface area (Å²) < 4.78 is 5.40. The molecule has 1 aliphatic heterocycles. The lowest BCUT2D eigenvalue weighted by molar-refractivity contribution is 0.0870. The third-order valence-electron chi connectivity index (χ3n) is 2.15. The fourth-order valence-corrected chi connectivity index (χ4v) is 1.65. The van der Waals surface area contributed by atoms with Crippen LogP contribution < -0.4 is 4.74 Å². The number of hydrogen-bond acceptors (Lipinski definition) is 3. The smallest absolute Gasteiger partial charge is 0.170 e. The minimum Gasteiger partial charge on any atom is -0.506 e. The Labute approximate surface area is 86.3 Å². The van der Waals surface area contributed by atoms with Crippen LogP contribution in [0.2, 0.25) is 5.02 Å². The van der Waals surface area contributed by atoms with E-state index in [1.165, 1.54) is 12.1 Å². The van der Waals surface area contributed by atoms with E-state index in [-0.39, 0.29) is 22.7 Å². The van der Waals surface area contributed by atoms with Gasteiger partial charge >= 0.3 is 0 Å². The molecular formula is C10H9ClO3. The summed E-state index contributed by atoms with van der Waals surface area (Å²) in [5.74, 6) is 0.351. The lowest BCUT2D eigenvalue weighted by atomic mass is 10.0. The molecule has 1 aromatic carbocycles. The van der Waals surface area contributed by atoms with Crippen LogP contribution in [0, 0.1) is 0 Å². The highest BCUT2D eigenvalue weighted by atomic mass is 35.5. The van der Waals surface area contributed by atoms with Crippen molar-refractivity contribution < 1.29 is 14.6 Å². The molecule has 0 amide bonds. The number of phenols is 1. The Hall–Kier alpha value is -1.22. The monoisotopic (exact) mass is 212 g/mol. The van der Waals surface area contributed by atoms with E-state index in [0.29, 0.717) is 17.7 Å². The van der Waals surface area contributed by atoms with Crippen molar-refractivity contribution >= 4 is 17.4 Å². The van der Waals surface area contributed by atoms with Crippen LogP contribution in [-0.4, -0.2) is 17.0 Å². The number of carbonyl (C=O) groups is 1. The molecule has 0 aromatic heterocycles. The normalized spacial score (nSPS) is 20.1. The van der Waals surface area contributed by atoms with Crippen molar-refractivity contribution in [2.24, 2.45) is 0 Å². The zero-order valence-corrected chi connectivity index (χ0v) is 8.34. The summed E-state index contributed by atoms with van der Waals surface area (Å²) in [4.78, 5) is 11.5. The summed E-state index contributed by atoms with van der Waals surface area (Å²) in [6.07, 6.45) is 0.212. The molecule has 3 nitrogen and oxygen atoms in total. The molecule has 0 fully saturated rings. The van der Waals surface area contributed by atoms with E-state index in [9.17, 15) is 9.90 Å². The number of phenolic OH excluding ortho intramolecular Hbond substituents is 1. The zero-order valence-electron chi connectivity index (χ0n) is 7.58. The third-order valence-corrected chi connectivity index (χ3v) is 2.45. The van der Waals surface area contributed by atoms with Crippen LogP contribution in [0.4, 0.5) is 0 Å². The minimum atomic E-state index is -0.143. The van der Waals surface area contributed by atoms with Crippen molar-refractivity contribution in [3.8, 4) is 11.5 Å². The Morgan fingerprint density at radius 3 is 3.00 bits per heavy atom. The maximum absolute atomic E-state index is 11.5. The first-order valence-electron chi connectivity index (χ1n) is 4.30. The first-order chi connectivity index (χ1) is 6.58. The van der Waals surface area contributed by atoms with Gasteiger partial charge < -0.3 is 9.84 Å². The zero-order chi connectivity index (χ0) is 10.3. The van der Waals surface area contributed by atoms with Gasteiger partial charge in [0.2, 0.25) is 0 Å². The van der Waals surface area contributed by atoms with Gasteiger partial charge in [-0.2, -0.15) is 0 Å². The SMILES string of the molecule is CC1CC(=O)c2cc(Cl)c(O)cc2O1. The molecule has 2 rings (SSSR count). The number of fused-ring (bicyclic) bond motifs is 1. The molecule has 0 bridgehead atoms. The van der Waals surface area contributed by atoms with Gasteiger partial charge in [0.25, 0.3) is 0 Å². The number of halogens is 1. The van der Waals surface area contributed by atoms with Gasteiger partial charge in [-0.15, -0.1) is 0 Å². The van der Waals surface area contributed by atoms with Gasteiger partial charge in [-0.05, 0) is 13.0 Å². The van der Waals surface area contributed by atoms with E-state index in [2.05, 4.69) is 0 Å². The summed E-state index contributed by atoms with van der Waals surface area (Å²) in [6, 6.07) is 2.83. The van der Waals surface area contributed by atoms with Crippen LogP contribution in [0.3, 0.4) is 0 Å². The summed E-state index contributed by atoms with van der Waals surface area (Å²) >= 11 is 5.69. The maximum Gasteiger partial charge on any atom is 0.170 e. The minimum absolute atomic E-state index is 0.000602. The molecule has 1 aliphatic rings. The average molecular weight is 213 g/mol. The number of Topliss-reactive ketones (excluding diaryl/α,β-unsaturated/α-hetero) is 1. The van der Waals surface area contributed by atoms with Crippen molar-refractivity contribution in [1.82, 2.24) is 0 Å². The fraction of sp³-hybridized carbons (Fsp3) is 0.300. The Balaban J connectivity index is 2.55.